The molecule has 2 aliphatic heterocycles. The standard InChI is InChI=1S/C24H39N5O/c1-4-28-23-8-6-5-7-22(23)25-24(28)18-26-14-15-29(21(17-26)11-16-30)20-9-12-27(13-10-20)19(2)3/h5-8,19-21,30H,4,9-18H2,1-3H3. The maximum Gasteiger partial charge on any atom is 0.124 e. The minimum atomic E-state index is 0.271. The van der Waals surface area contributed by atoms with Crippen molar-refractivity contribution in [2.24, 2.45) is 0 Å². The zero-order valence-electron chi connectivity index (χ0n) is 19.0. The van der Waals surface area contributed by atoms with Crippen LogP contribution in [-0.2, 0) is 13.1 Å². The molecule has 30 heavy (non-hydrogen) atoms. The van der Waals surface area contributed by atoms with Gasteiger partial charge >= 0.3 is 0 Å². The molecule has 6 nitrogen and oxygen atoms in total. The van der Waals surface area contributed by atoms with Crippen molar-refractivity contribution in [3.63, 3.8) is 0 Å². The Morgan fingerprint density at radius 1 is 1.10 bits per heavy atom. The number of likely N-dealkylation sites (tertiary alicyclic amines) is 1. The van der Waals surface area contributed by atoms with Gasteiger partial charge in [-0.2, -0.15) is 0 Å². The van der Waals surface area contributed by atoms with Crippen LogP contribution in [-0.4, -0.2) is 86.8 Å². The summed E-state index contributed by atoms with van der Waals surface area (Å²) in [5.74, 6) is 1.17. The fourth-order valence-corrected chi connectivity index (χ4v) is 5.50. The largest absolute Gasteiger partial charge is 0.396 e. The van der Waals surface area contributed by atoms with Crippen LogP contribution in [0.25, 0.3) is 11.0 Å². The number of hydrogen-bond donors (Lipinski definition) is 1. The van der Waals surface area contributed by atoms with E-state index in [4.69, 9.17) is 4.98 Å². The zero-order chi connectivity index (χ0) is 21.1. The second-order valence-corrected chi connectivity index (χ2v) is 9.26. The van der Waals surface area contributed by atoms with E-state index in [0.29, 0.717) is 18.1 Å². The molecule has 3 heterocycles. The van der Waals surface area contributed by atoms with Crippen molar-refractivity contribution in [2.45, 2.75) is 71.2 Å². The van der Waals surface area contributed by atoms with Crippen molar-refractivity contribution in [3.8, 4) is 0 Å². The molecular weight excluding hydrogens is 374 g/mol. The Kier molecular flexibility index (Phi) is 7.08. The van der Waals surface area contributed by atoms with E-state index in [1.807, 2.05) is 0 Å². The Morgan fingerprint density at radius 2 is 1.87 bits per heavy atom. The highest BCUT2D eigenvalue weighted by atomic mass is 16.3. The van der Waals surface area contributed by atoms with Crippen LogP contribution in [0, 0.1) is 0 Å². The lowest BCUT2D eigenvalue weighted by molar-refractivity contribution is -0.000886. The van der Waals surface area contributed by atoms with E-state index in [-0.39, 0.29) is 6.61 Å². The van der Waals surface area contributed by atoms with E-state index in [1.54, 1.807) is 0 Å². The first kappa shape index (κ1) is 21.8. The first-order chi connectivity index (χ1) is 14.6. The van der Waals surface area contributed by atoms with Gasteiger partial charge in [-0.3, -0.25) is 9.80 Å². The van der Waals surface area contributed by atoms with Crippen LogP contribution in [0.1, 0.15) is 45.9 Å². The summed E-state index contributed by atoms with van der Waals surface area (Å²) >= 11 is 0. The molecule has 1 aromatic carbocycles. The number of aryl methyl sites for hydroxylation is 1. The van der Waals surface area contributed by atoms with Gasteiger partial charge in [-0.25, -0.2) is 4.98 Å². The molecule has 1 atom stereocenters. The monoisotopic (exact) mass is 413 g/mol. The summed E-state index contributed by atoms with van der Waals surface area (Å²) in [4.78, 5) is 12.8. The van der Waals surface area contributed by atoms with Crippen molar-refractivity contribution < 1.29 is 5.11 Å². The zero-order valence-corrected chi connectivity index (χ0v) is 19.0. The lowest BCUT2D eigenvalue weighted by atomic mass is 9.97. The summed E-state index contributed by atoms with van der Waals surface area (Å²) in [7, 11) is 0. The fraction of sp³-hybridized carbons (Fsp3) is 0.708. The Bertz CT molecular complexity index is 811. The summed E-state index contributed by atoms with van der Waals surface area (Å²) in [6.45, 7) is 14.5. The molecule has 0 aliphatic carbocycles. The highest BCUT2D eigenvalue weighted by Crippen LogP contribution is 2.25. The predicted molar refractivity (Wildman–Crippen MR) is 123 cm³/mol. The smallest absolute Gasteiger partial charge is 0.124 e. The summed E-state index contributed by atoms with van der Waals surface area (Å²) in [6, 6.07) is 10.2. The maximum atomic E-state index is 9.73. The first-order valence-electron chi connectivity index (χ1n) is 11.9. The Hall–Kier alpha value is -1.47. The number of para-hydroxylation sites is 2. The number of fused-ring (bicyclic) bond motifs is 1. The number of aliphatic hydroxyl groups is 1. The van der Waals surface area contributed by atoms with Gasteiger partial charge in [0.2, 0.25) is 0 Å². The van der Waals surface area contributed by atoms with Crippen molar-refractivity contribution in [1.82, 2.24) is 24.3 Å². The predicted octanol–water partition coefficient (Wildman–Crippen LogP) is 2.80. The number of benzene rings is 1. The van der Waals surface area contributed by atoms with E-state index in [9.17, 15) is 5.11 Å². The van der Waals surface area contributed by atoms with E-state index >= 15 is 0 Å². The number of piperazine rings is 1. The quantitative estimate of drug-likeness (QED) is 0.756. The number of hydrogen-bond acceptors (Lipinski definition) is 5. The summed E-state index contributed by atoms with van der Waals surface area (Å²) < 4.78 is 2.35. The molecule has 0 spiro atoms. The highest BCUT2D eigenvalue weighted by molar-refractivity contribution is 5.75. The highest BCUT2D eigenvalue weighted by Gasteiger charge is 2.34. The fourth-order valence-electron chi connectivity index (χ4n) is 5.50. The van der Waals surface area contributed by atoms with Crippen LogP contribution in [0.3, 0.4) is 0 Å². The summed E-state index contributed by atoms with van der Waals surface area (Å²) in [6.07, 6.45) is 3.38. The number of imidazole rings is 1. The molecule has 6 heteroatoms. The van der Waals surface area contributed by atoms with Gasteiger partial charge in [0.25, 0.3) is 0 Å². The Morgan fingerprint density at radius 3 is 2.57 bits per heavy atom. The van der Waals surface area contributed by atoms with Crippen LogP contribution in [0.15, 0.2) is 24.3 Å². The molecule has 1 N–H and O–H groups in total. The SMILES string of the molecule is CCn1c(CN2CCN(C3CCN(C(C)C)CC3)C(CCO)C2)nc2ccccc21. The molecule has 0 saturated carbocycles. The van der Waals surface area contributed by atoms with Crippen molar-refractivity contribution in [3.05, 3.63) is 30.1 Å². The molecule has 0 radical (unpaired) electrons. The van der Waals surface area contributed by atoms with E-state index < -0.39 is 0 Å². The molecule has 2 aromatic rings. The van der Waals surface area contributed by atoms with Crippen LogP contribution in [0.4, 0.5) is 0 Å². The minimum absolute atomic E-state index is 0.271. The van der Waals surface area contributed by atoms with Crippen LogP contribution in [0.2, 0.25) is 0 Å². The molecular formula is C24H39N5O. The summed E-state index contributed by atoms with van der Waals surface area (Å²) in [5, 5.41) is 9.73. The third-order valence-electron chi connectivity index (χ3n) is 7.19. The average molecular weight is 414 g/mol. The van der Waals surface area contributed by atoms with E-state index in [2.05, 4.69) is 64.3 Å². The molecule has 2 aliphatic rings. The first-order valence-corrected chi connectivity index (χ1v) is 11.9. The number of aromatic nitrogens is 2. The van der Waals surface area contributed by atoms with Gasteiger partial charge in [-0.15, -0.1) is 0 Å². The normalized spacial score (nSPS) is 23.0. The van der Waals surface area contributed by atoms with Crippen LogP contribution < -0.4 is 0 Å². The molecule has 4 rings (SSSR count). The van der Waals surface area contributed by atoms with E-state index in [0.717, 1.165) is 44.7 Å². The number of aliphatic hydroxyl groups excluding tert-OH is 1. The number of piperidine rings is 1. The summed E-state index contributed by atoms with van der Waals surface area (Å²) in [5.41, 5.74) is 2.33. The van der Waals surface area contributed by atoms with Crippen LogP contribution in [0.5, 0.6) is 0 Å². The molecule has 0 bridgehead atoms. The van der Waals surface area contributed by atoms with Gasteiger partial charge in [0.15, 0.2) is 0 Å². The van der Waals surface area contributed by atoms with Crippen molar-refractivity contribution in [1.29, 1.82) is 0 Å². The Labute approximate surface area is 181 Å². The third kappa shape index (κ3) is 4.57. The van der Waals surface area contributed by atoms with Gasteiger partial charge in [0.1, 0.15) is 5.82 Å². The van der Waals surface area contributed by atoms with Gasteiger partial charge < -0.3 is 14.6 Å². The van der Waals surface area contributed by atoms with Gasteiger partial charge in [0, 0.05) is 50.9 Å². The van der Waals surface area contributed by atoms with Gasteiger partial charge in [0.05, 0.1) is 17.6 Å². The lowest BCUT2D eigenvalue weighted by Gasteiger charge is -2.48. The average Bonchev–Trinajstić information content (AvgIpc) is 3.11. The topological polar surface area (TPSA) is 47.8 Å². The van der Waals surface area contributed by atoms with Crippen LogP contribution >= 0.6 is 0 Å². The third-order valence-corrected chi connectivity index (χ3v) is 7.19. The maximum absolute atomic E-state index is 9.73. The number of nitrogens with zero attached hydrogens (tertiary/aromatic N) is 5. The van der Waals surface area contributed by atoms with Gasteiger partial charge in [-0.1, -0.05) is 12.1 Å². The molecule has 1 aromatic heterocycles. The molecule has 2 fully saturated rings. The molecule has 2 saturated heterocycles. The molecule has 1 unspecified atom stereocenters. The second-order valence-electron chi connectivity index (χ2n) is 9.26. The Balaban J connectivity index is 1.42. The van der Waals surface area contributed by atoms with E-state index in [1.165, 1.54) is 37.3 Å². The minimum Gasteiger partial charge on any atom is -0.396 e. The second kappa shape index (κ2) is 9.77. The number of rotatable bonds is 7. The molecule has 0 amide bonds. The van der Waals surface area contributed by atoms with Crippen molar-refractivity contribution in [2.75, 3.05) is 39.3 Å². The lowest BCUT2D eigenvalue weighted by Crippen LogP contribution is -2.58. The molecule has 166 valence electrons. The van der Waals surface area contributed by atoms with Gasteiger partial charge in [-0.05, 0) is 65.3 Å². The van der Waals surface area contributed by atoms with Crippen molar-refractivity contribution >= 4 is 11.0 Å².